The Morgan fingerprint density at radius 3 is 2.90 bits per heavy atom. The van der Waals surface area contributed by atoms with Crippen LogP contribution in [0.5, 0.6) is 5.75 Å². The predicted molar refractivity (Wildman–Crippen MR) is 83.2 cm³/mol. The normalized spacial score (nSPS) is 28.8. The lowest BCUT2D eigenvalue weighted by Crippen LogP contribution is -2.55. The Morgan fingerprint density at radius 1 is 1.35 bits per heavy atom. The number of phenolic OH excluding ortho intramolecular Hbond substituents is 1. The Bertz CT molecular complexity index is 492. The van der Waals surface area contributed by atoms with Gasteiger partial charge in [-0.2, -0.15) is 0 Å². The smallest absolute Gasteiger partial charge is 0.115 e. The fourth-order valence-electron chi connectivity index (χ4n) is 4.57. The van der Waals surface area contributed by atoms with Gasteiger partial charge in [-0.1, -0.05) is 26.8 Å². The van der Waals surface area contributed by atoms with E-state index in [0.29, 0.717) is 11.8 Å². The average Bonchev–Trinajstić information content (AvgIpc) is 2.41. The summed E-state index contributed by atoms with van der Waals surface area (Å²) in [5.74, 6) is 1.13. The molecule has 1 aromatic rings. The van der Waals surface area contributed by atoms with Crippen LogP contribution < -0.4 is 0 Å². The summed E-state index contributed by atoms with van der Waals surface area (Å²) in [5, 5.41) is 9.84. The van der Waals surface area contributed by atoms with Gasteiger partial charge in [0.15, 0.2) is 0 Å². The number of piperidine rings is 1. The van der Waals surface area contributed by atoms with Crippen molar-refractivity contribution in [3.8, 4) is 5.75 Å². The SMILES string of the molecule is CCCN1CCC[C@H]2[C@H]1Cc1ccc(O)cc1C2(C)C. The Balaban J connectivity index is 2.01. The summed E-state index contributed by atoms with van der Waals surface area (Å²) in [6, 6.07) is 6.68. The molecule has 0 aromatic heterocycles. The summed E-state index contributed by atoms with van der Waals surface area (Å²) in [6.07, 6.45) is 5.04. The average molecular weight is 273 g/mol. The lowest BCUT2D eigenvalue weighted by Gasteiger charge is -2.52. The van der Waals surface area contributed by atoms with Crippen LogP contribution in [0.1, 0.15) is 51.2 Å². The second-order valence-electron chi connectivity index (χ2n) is 7.12. The van der Waals surface area contributed by atoms with Crippen LogP contribution >= 0.6 is 0 Å². The summed E-state index contributed by atoms with van der Waals surface area (Å²) in [4.78, 5) is 2.71. The first kappa shape index (κ1) is 13.9. The summed E-state index contributed by atoms with van der Waals surface area (Å²) >= 11 is 0. The van der Waals surface area contributed by atoms with E-state index < -0.39 is 0 Å². The molecule has 1 aliphatic carbocycles. The van der Waals surface area contributed by atoms with Crippen molar-refractivity contribution >= 4 is 0 Å². The van der Waals surface area contributed by atoms with Crippen LogP contribution in [0.2, 0.25) is 0 Å². The van der Waals surface area contributed by atoms with Crippen LogP contribution in [0.3, 0.4) is 0 Å². The van der Waals surface area contributed by atoms with Gasteiger partial charge in [0, 0.05) is 6.04 Å². The van der Waals surface area contributed by atoms with E-state index in [1.165, 1.54) is 43.5 Å². The van der Waals surface area contributed by atoms with Gasteiger partial charge in [-0.3, -0.25) is 4.90 Å². The van der Waals surface area contributed by atoms with Crippen molar-refractivity contribution in [1.29, 1.82) is 0 Å². The number of aromatic hydroxyl groups is 1. The molecule has 1 saturated heterocycles. The van der Waals surface area contributed by atoms with Crippen LogP contribution in [-0.4, -0.2) is 29.1 Å². The summed E-state index contributed by atoms with van der Waals surface area (Å²) in [7, 11) is 0. The standard InChI is InChI=1S/C18H27NO/c1-4-9-19-10-5-6-15-17(19)11-13-7-8-14(20)12-16(13)18(15,2)3/h7-8,12,15,17,20H,4-6,9-11H2,1-3H3/t15-,17+/m0/s1. The van der Waals surface area contributed by atoms with Gasteiger partial charge >= 0.3 is 0 Å². The maximum atomic E-state index is 9.84. The van der Waals surface area contributed by atoms with Crippen molar-refractivity contribution in [2.75, 3.05) is 13.1 Å². The molecule has 20 heavy (non-hydrogen) atoms. The monoisotopic (exact) mass is 273 g/mol. The van der Waals surface area contributed by atoms with E-state index in [1.54, 1.807) is 0 Å². The molecule has 1 aromatic carbocycles. The molecule has 0 saturated carbocycles. The second kappa shape index (κ2) is 5.07. The third-order valence-electron chi connectivity index (χ3n) is 5.55. The molecule has 1 aliphatic heterocycles. The highest BCUT2D eigenvalue weighted by Crippen LogP contribution is 2.47. The molecule has 2 nitrogen and oxygen atoms in total. The molecule has 1 heterocycles. The van der Waals surface area contributed by atoms with Gasteiger partial charge in [-0.05, 0) is 73.4 Å². The zero-order chi connectivity index (χ0) is 14.3. The molecule has 1 N–H and O–H groups in total. The lowest BCUT2D eigenvalue weighted by atomic mass is 9.60. The van der Waals surface area contributed by atoms with Gasteiger partial charge in [-0.25, -0.2) is 0 Å². The molecule has 0 amide bonds. The van der Waals surface area contributed by atoms with Gasteiger partial charge in [0.1, 0.15) is 5.75 Å². The highest BCUT2D eigenvalue weighted by molar-refractivity contribution is 5.43. The second-order valence-corrected chi connectivity index (χ2v) is 7.12. The highest BCUT2D eigenvalue weighted by Gasteiger charge is 2.45. The zero-order valence-electron chi connectivity index (χ0n) is 13.0. The maximum absolute atomic E-state index is 9.84. The fraction of sp³-hybridized carbons (Fsp3) is 0.667. The summed E-state index contributed by atoms with van der Waals surface area (Å²) in [6.45, 7) is 9.52. The molecule has 2 heteroatoms. The van der Waals surface area contributed by atoms with Gasteiger partial charge in [0.25, 0.3) is 0 Å². The third kappa shape index (κ3) is 2.14. The van der Waals surface area contributed by atoms with Crippen LogP contribution in [-0.2, 0) is 11.8 Å². The fourth-order valence-corrected chi connectivity index (χ4v) is 4.57. The Hall–Kier alpha value is -1.02. The van der Waals surface area contributed by atoms with Crippen molar-refractivity contribution < 1.29 is 5.11 Å². The minimum Gasteiger partial charge on any atom is -0.508 e. The number of hydrogen-bond acceptors (Lipinski definition) is 2. The van der Waals surface area contributed by atoms with E-state index in [9.17, 15) is 5.11 Å². The number of fused-ring (bicyclic) bond motifs is 2. The third-order valence-corrected chi connectivity index (χ3v) is 5.55. The molecule has 110 valence electrons. The Kier molecular flexibility index (Phi) is 3.53. The van der Waals surface area contributed by atoms with E-state index in [-0.39, 0.29) is 5.41 Å². The summed E-state index contributed by atoms with van der Waals surface area (Å²) < 4.78 is 0. The maximum Gasteiger partial charge on any atom is 0.115 e. The van der Waals surface area contributed by atoms with E-state index in [4.69, 9.17) is 0 Å². The number of rotatable bonds is 2. The predicted octanol–water partition coefficient (Wildman–Crippen LogP) is 3.72. The molecule has 2 atom stereocenters. The summed E-state index contributed by atoms with van der Waals surface area (Å²) in [5.41, 5.74) is 2.98. The largest absolute Gasteiger partial charge is 0.508 e. The number of hydrogen-bond donors (Lipinski definition) is 1. The first-order valence-electron chi connectivity index (χ1n) is 8.10. The Labute approximate surface area is 122 Å². The number of phenols is 1. The number of nitrogens with zero attached hydrogens (tertiary/aromatic N) is 1. The lowest BCUT2D eigenvalue weighted by molar-refractivity contribution is 0.0442. The minimum absolute atomic E-state index is 0.170. The van der Waals surface area contributed by atoms with E-state index in [2.05, 4.69) is 31.7 Å². The van der Waals surface area contributed by atoms with Crippen molar-refractivity contribution in [3.63, 3.8) is 0 Å². The molecule has 1 fully saturated rings. The van der Waals surface area contributed by atoms with Crippen LogP contribution in [0.4, 0.5) is 0 Å². The van der Waals surface area contributed by atoms with Gasteiger partial charge < -0.3 is 5.11 Å². The minimum atomic E-state index is 0.170. The first-order valence-corrected chi connectivity index (χ1v) is 8.10. The zero-order valence-corrected chi connectivity index (χ0v) is 13.0. The van der Waals surface area contributed by atoms with Crippen molar-refractivity contribution in [1.82, 2.24) is 4.90 Å². The molecule has 0 unspecified atom stereocenters. The van der Waals surface area contributed by atoms with E-state index >= 15 is 0 Å². The van der Waals surface area contributed by atoms with Gasteiger partial charge in [0.05, 0.1) is 0 Å². The Morgan fingerprint density at radius 2 is 2.15 bits per heavy atom. The highest BCUT2D eigenvalue weighted by atomic mass is 16.3. The van der Waals surface area contributed by atoms with E-state index in [1.807, 2.05) is 12.1 Å². The molecular weight excluding hydrogens is 246 g/mol. The van der Waals surface area contributed by atoms with Crippen LogP contribution in [0, 0.1) is 5.92 Å². The number of likely N-dealkylation sites (tertiary alicyclic amines) is 1. The topological polar surface area (TPSA) is 23.5 Å². The van der Waals surface area contributed by atoms with E-state index in [0.717, 1.165) is 12.3 Å². The molecule has 0 bridgehead atoms. The quantitative estimate of drug-likeness (QED) is 0.888. The van der Waals surface area contributed by atoms with Crippen molar-refractivity contribution in [2.24, 2.45) is 5.92 Å². The van der Waals surface area contributed by atoms with Gasteiger partial charge in [0.2, 0.25) is 0 Å². The molecular formula is C18H27NO. The van der Waals surface area contributed by atoms with Crippen LogP contribution in [0.15, 0.2) is 18.2 Å². The molecule has 0 spiro atoms. The molecule has 3 rings (SSSR count). The molecule has 0 radical (unpaired) electrons. The number of benzene rings is 1. The first-order chi connectivity index (χ1) is 9.54. The molecule has 2 aliphatic rings. The van der Waals surface area contributed by atoms with Crippen LogP contribution in [0.25, 0.3) is 0 Å². The van der Waals surface area contributed by atoms with Gasteiger partial charge in [-0.15, -0.1) is 0 Å². The van der Waals surface area contributed by atoms with Crippen molar-refractivity contribution in [2.45, 2.75) is 57.9 Å². The van der Waals surface area contributed by atoms with Crippen molar-refractivity contribution in [3.05, 3.63) is 29.3 Å².